The predicted octanol–water partition coefficient (Wildman–Crippen LogP) is 3.30. The highest BCUT2D eigenvalue weighted by atomic mass is 35.5. The first kappa shape index (κ1) is 24.9. The molecule has 0 radical (unpaired) electrons. The van der Waals surface area contributed by atoms with Gasteiger partial charge in [0.2, 0.25) is 5.91 Å². The second-order valence-corrected chi connectivity index (χ2v) is 7.73. The topological polar surface area (TPSA) is 113 Å². The molecule has 0 aliphatic heterocycles. The lowest BCUT2D eigenvalue weighted by Gasteiger charge is -2.24. The van der Waals surface area contributed by atoms with Crippen LogP contribution in [0.15, 0.2) is 58.1 Å². The molecule has 0 spiro atoms. The third kappa shape index (κ3) is 5.60. The minimum atomic E-state index is -4.69. The van der Waals surface area contributed by atoms with E-state index < -0.39 is 40.5 Å². The molecule has 4 N–H and O–H groups in total. The monoisotopic (exact) mass is 495 g/mol. The molecule has 0 saturated carbocycles. The maximum Gasteiger partial charge on any atom is 0.417 e. The Labute approximate surface area is 196 Å². The van der Waals surface area contributed by atoms with Crippen molar-refractivity contribution in [1.29, 1.82) is 0 Å². The number of anilines is 3. The zero-order valence-corrected chi connectivity index (χ0v) is 18.7. The van der Waals surface area contributed by atoms with E-state index in [-0.39, 0.29) is 30.3 Å². The van der Waals surface area contributed by atoms with Gasteiger partial charge in [0, 0.05) is 12.2 Å². The summed E-state index contributed by atoms with van der Waals surface area (Å²) in [5.74, 6) is -0.838. The number of likely N-dealkylation sites (N-methyl/N-ethyl adjacent to an activating group) is 1. The van der Waals surface area contributed by atoms with Gasteiger partial charge in [-0.2, -0.15) is 13.2 Å². The number of aromatic amines is 1. The van der Waals surface area contributed by atoms with E-state index in [1.54, 1.807) is 31.2 Å². The Kier molecular flexibility index (Phi) is 7.35. The van der Waals surface area contributed by atoms with Gasteiger partial charge in [0.1, 0.15) is 11.5 Å². The number of alkyl halides is 3. The van der Waals surface area contributed by atoms with Gasteiger partial charge in [-0.1, -0.05) is 41.9 Å². The number of carbonyl (C=O) groups excluding carboxylic acids is 1. The smallest absolute Gasteiger partial charge is 0.383 e. The Morgan fingerprint density at radius 1 is 1.18 bits per heavy atom. The maximum atomic E-state index is 13.1. The molecule has 8 nitrogen and oxygen atoms in total. The molecule has 0 atom stereocenters. The average Bonchev–Trinajstić information content (AvgIpc) is 2.77. The number of H-pyrrole nitrogens is 1. The molecule has 34 heavy (non-hydrogen) atoms. The Hall–Kier alpha value is -3.73. The number of rotatable bonds is 7. The van der Waals surface area contributed by atoms with Gasteiger partial charge in [0.25, 0.3) is 5.56 Å². The van der Waals surface area contributed by atoms with Crippen LogP contribution in [-0.2, 0) is 17.5 Å². The summed E-state index contributed by atoms with van der Waals surface area (Å²) in [7, 11) is 0. The summed E-state index contributed by atoms with van der Waals surface area (Å²) in [6.07, 6.45) is -4.69. The van der Waals surface area contributed by atoms with Crippen molar-refractivity contribution in [3.63, 3.8) is 0 Å². The third-order valence-electron chi connectivity index (χ3n) is 4.99. The standard InChI is InChI=1S/C22H21ClF3N5O3/c1-2-30(12-17(32)28-14-8-9-16(23)15(10-14)22(24,25)26)18-19(27)31(21(34)29-20(18)33)11-13-6-4-3-5-7-13/h3-10H,2,11-12,27H2,1H3,(H,28,32)(H,29,33,34). The summed E-state index contributed by atoms with van der Waals surface area (Å²) >= 11 is 5.60. The van der Waals surface area contributed by atoms with E-state index in [0.717, 1.165) is 17.7 Å². The predicted molar refractivity (Wildman–Crippen MR) is 124 cm³/mol. The number of carbonyl (C=O) groups is 1. The summed E-state index contributed by atoms with van der Waals surface area (Å²) in [6.45, 7) is 1.49. The number of benzene rings is 2. The van der Waals surface area contributed by atoms with Crippen LogP contribution < -0.4 is 27.2 Å². The first-order chi connectivity index (χ1) is 16.0. The van der Waals surface area contributed by atoms with Crippen LogP contribution in [-0.4, -0.2) is 28.5 Å². The molecule has 180 valence electrons. The summed E-state index contributed by atoms with van der Waals surface area (Å²) in [5.41, 5.74) is 4.11. The minimum Gasteiger partial charge on any atom is -0.383 e. The number of nitrogens with one attached hydrogen (secondary N) is 2. The van der Waals surface area contributed by atoms with Crippen molar-refractivity contribution in [3.8, 4) is 0 Å². The van der Waals surface area contributed by atoms with E-state index in [9.17, 15) is 27.6 Å². The highest BCUT2D eigenvalue weighted by molar-refractivity contribution is 6.31. The fourth-order valence-corrected chi connectivity index (χ4v) is 3.57. The van der Waals surface area contributed by atoms with Crippen molar-refractivity contribution >= 4 is 34.7 Å². The quantitative estimate of drug-likeness (QED) is 0.465. The summed E-state index contributed by atoms with van der Waals surface area (Å²) in [4.78, 5) is 41.0. The van der Waals surface area contributed by atoms with E-state index in [1.807, 2.05) is 6.07 Å². The number of hydrogen-bond donors (Lipinski definition) is 3. The van der Waals surface area contributed by atoms with Crippen LogP contribution in [0.4, 0.5) is 30.4 Å². The molecule has 0 bridgehead atoms. The Morgan fingerprint density at radius 2 is 1.85 bits per heavy atom. The van der Waals surface area contributed by atoms with Gasteiger partial charge in [0.05, 0.1) is 23.7 Å². The van der Waals surface area contributed by atoms with Crippen LogP contribution in [0.25, 0.3) is 0 Å². The van der Waals surface area contributed by atoms with Gasteiger partial charge in [-0.05, 0) is 30.7 Å². The minimum absolute atomic E-state index is 0.0873. The molecular weight excluding hydrogens is 475 g/mol. The average molecular weight is 496 g/mol. The first-order valence-corrected chi connectivity index (χ1v) is 10.5. The number of amides is 1. The van der Waals surface area contributed by atoms with E-state index in [2.05, 4.69) is 10.3 Å². The van der Waals surface area contributed by atoms with Crippen molar-refractivity contribution < 1.29 is 18.0 Å². The molecule has 0 fully saturated rings. The van der Waals surface area contributed by atoms with E-state index >= 15 is 0 Å². The van der Waals surface area contributed by atoms with Crippen LogP contribution in [0, 0.1) is 0 Å². The number of nitrogens with zero attached hydrogens (tertiary/aromatic N) is 2. The second kappa shape index (κ2) is 10.0. The lowest BCUT2D eigenvalue weighted by Crippen LogP contribution is -2.41. The van der Waals surface area contributed by atoms with Crippen molar-refractivity contribution in [2.45, 2.75) is 19.6 Å². The fourth-order valence-electron chi connectivity index (χ4n) is 3.35. The molecule has 3 rings (SSSR count). The highest BCUT2D eigenvalue weighted by Gasteiger charge is 2.33. The van der Waals surface area contributed by atoms with E-state index in [1.165, 1.54) is 15.5 Å². The van der Waals surface area contributed by atoms with Crippen molar-refractivity contribution in [1.82, 2.24) is 9.55 Å². The zero-order chi connectivity index (χ0) is 25.0. The normalized spacial score (nSPS) is 11.3. The summed E-state index contributed by atoms with van der Waals surface area (Å²) < 4.78 is 40.4. The molecule has 2 aromatic carbocycles. The molecule has 1 aromatic heterocycles. The highest BCUT2D eigenvalue weighted by Crippen LogP contribution is 2.36. The Morgan fingerprint density at radius 3 is 2.47 bits per heavy atom. The van der Waals surface area contributed by atoms with Crippen LogP contribution in [0.2, 0.25) is 5.02 Å². The van der Waals surface area contributed by atoms with Crippen LogP contribution in [0.3, 0.4) is 0 Å². The molecule has 12 heteroatoms. The number of nitrogens with two attached hydrogens (primary N) is 1. The van der Waals surface area contributed by atoms with E-state index in [0.29, 0.717) is 0 Å². The Bertz CT molecular complexity index is 1310. The van der Waals surface area contributed by atoms with E-state index in [4.69, 9.17) is 17.3 Å². The maximum absolute atomic E-state index is 13.1. The molecule has 0 saturated heterocycles. The summed E-state index contributed by atoms with van der Waals surface area (Å²) in [6, 6.07) is 11.9. The van der Waals surface area contributed by atoms with Gasteiger partial charge < -0.3 is 16.0 Å². The van der Waals surface area contributed by atoms with Crippen LogP contribution in [0.5, 0.6) is 0 Å². The second-order valence-electron chi connectivity index (χ2n) is 7.32. The lowest BCUT2D eigenvalue weighted by atomic mass is 10.2. The number of aromatic nitrogens is 2. The van der Waals surface area contributed by atoms with Crippen molar-refractivity contribution in [3.05, 3.63) is 85.5 Å². The van der Waals surface area contributed by atoms with Crippen molar-refractivity contribution in [2.75, 3.05) is 29.0 Å². The fraction of sp³-hybridized carbons (Fsp3) is 0.227. The van der Waals surface area contributed by atoms with Crippen LogP contribution >= 0.6 is 11.6 Å². The first-order valence-electron chi connectivity index (χ1n) is 10.1. The van der Waals surface area contributed by atoms with Crippen LogP contribution in [0.1, 0.15) is 18.1 Å². The Balaban J connectivity index is 1.87. The van der Waals surface area contributed by atoms with Gasteiger partial charge >= 0.3 is 11.9 Å². The number of halogens is 4. The number of nitrogen functional groups attached to an aromatic ring is 1. The largest absolute Gasteiger partial charge is 0.417 e. The number of hydrogen-bond acceptors (Lipinski definition) is 5. The van der Waals surface area contributed by atoms with Crippen molar-refractivity contribution in [2.24, 2.45) is 0 Å². The summed E-state index contributed by atoms with van der Waals surface area (Å²) in [5, 5.41) is 1.86. The van der Waals surface area contributed by atoms with Gasteiger partial charge in [0.15, 0.2) is 0 Å². The molecule has 1 heterocycles. The zero-order valence-electron chi connectivity index (χ0n) is 17.9. The van der Waals surface area contributed by atoms with Gasteiger partial charge in [-0.25, -0.2) is 4.79 Å². The SMILES string of the molecule is CCN(CC(=O)Nc1ccc(Cl)c(C(F)(F)F)c1)c1c(N)n(Cc2ccccc2)c(=O)[nH]c1=O. The van der Waals surface area contributed by atoms with Gasteiger partial charge in [-0.3, -0.25) is 19.1 Å². The molecule has 3 aromatic rings. The molecule has 0 unspecified atom stereocenters. The molecule has 0 aliphatic rings. The lowest BCUT2D eigenvalue weighted by molar-refractivity contribution is -0.137. The molecular formula is C22H21ClF3N5O3. The molecule has 1 amide bonds. The third-order valence-corrected chi connectivity index (χ3v) is 5.32. The molecule has 0 aliphatic carbocycles. The van der Waals surface area contributed by atoms with Gasteiger partial charge in [-0.15, -0.1) is 0 Å².